The topological polar surface area (TPSA) is 55.8 Å². The van der Waals surface area contributed by atoms with Crippen LogP contribution in [0.2, 0.25) is 0 Å². The van der Waals surface area contributed by atoms with Crippen molar-refractivity contribution in [3.63, 3.8) is 0 Å². The van der Waals surface area contributed by atoms with Gasteiger partial charge in [0.25, 0.3) is 0 Å². The smallest absolute Gasteiger partial charge is 0.306 e. The van der Waals surface area contributed by atoms with Crippen LogP contribution in [0, 0.1) is 0 Å². The second-order valence-corrected chi connectivity index (χ2v) is 11.5. The number of hydrogen-bond donors (Lipinski definition) is 1. The predicted octanol–water partition coefficient (Wildman–Crippen LogP) is 12.0. The molecule has 0 bridgehead atoms. The highest BCUT2D eigenvalue weighted by atomic mass is 16.6. The zero-order valence-electron chi connectivity index (χ0n) is 30.0. The molecule has 0 amide bonds. The van der Waals surface area contributed by atoms with Crippen molar-refractivity contribution in [3.8, 4) is 0 Å². The number of hydrogen-bond acceptors (Lipinski definition) is 4. The Balaban J connectivity index is 3.63. The van der Waals surface area contributed by atoms with Crippen molar-refractivity contribution in [2.45, 2.75) is 136 Å². The maximum absolute atomic E-state index is 12.1. The van der Waals surface area contributed by atoms with Gasteiger partial charge >= 0.3 is 5.97 Å². The van der Waals surface area contributed by atoms with Gasteiger partial charge in [0.15, 0.2) is 0 Å². The van der Waals surface area contributed by atoms with Crippen molar-refractivity contribution in [3.05, 3.63) is 109 Å². The van der Waals surface area contributed by atoms with Gasteiger partial charge in [-0.3, -0.25) is 4.79 Å². The third kappa shape index (κ3) is 37.4. The molecule has 0 aliphatic heterocycles. The van der Waals surface area contributed by atoms with Crippen LogP contribution in [-0.2, 0) is 14.3 Å². The molecule has 0 heterocycles. The van der Waals surface area contributed by atoms with Crippen molar-refractivity contribution in [1.29, 1.82) is 0 Å². The minimum Gasteiger partial charge on any atom is -0.457 e. The zero-order valence-corrected chi connectivity index (χ0v) is 30.0. The maximum Gasteiger partial charge on any atom is 0.306 e. The molecule has 0 aliphatic rings. The molecule has 0 aromatic carbocycles. The molecule has 4 heteroatoms. The molecule has 264 valence electrons. The van der Waals surface area contributed by atoms with Gasteiger partial charge in [-0.05, 0) is 96.3 Å². The molecule has 0 aromatic rings. The predicted molar refractivity (Wildman–Crippen MR) is 204 cm³/mol. The Morgan fingerprint density at radius 2 is 0.894 bits per heavy atom. The fourth-order valence-corrected chi connectivity index (χ4v) is 4.40. The summed E-state index contributed by atoms with van der Waals surface area (Å²) in [5, 5.41) is 9.55. The third-order valence-electron chi connectivity index (χ3n) is 7.09. The molecule has 0 saturated heterocycles. The van der Waals surface area contributed by atoms with E-state index < -0.39 is 6.10 Å². The highest BCUT2D eigenvalue weighted by molar-refractivity contribution is 5.69. The van der Waals surface area contributed by atoms with Gasteiger partial charge in [-0.25, -0.2) is 0 Å². The van der Waals surface area contributed by atoms with E-state index in [1.165, 1.54) is 0 Å². The van der Waals surface area contributed by atoms with Crippen molar-refractivity contribution >= 4 is 5.97 Å². The number of unbranched alkanes of at least 4 members (excludes halogenated alkanes) is 6. The lowest BCUT2D eigenvalue weighted by Crippen LogP contribution is -2.27. The van der Waals surface area contributed by atoms with E-state index in [0.29, 0.717) is 13.0 Å². The van der Waals surface area contributed by atoms with Crippen LogP contribution in [0.4, 0.5) is 0 Å². The number of allylic oxidation sites excluding steroid dienone is 18. The highest BCUT2D eigenvalue weighted by Gasteiger charge is 2.13. The van der Waals surface area contributed by atoms with Gasteiger partial charge in [-0.2, -0.15) is 0 Å². The Morgan fingerprint density at radius 3 is 1.30 bits per heavy atom. The van der Waals surface area contributed by atoms with Crippen LogP contribution in [0.15, 0.2) is 109 Å². The van der Waals surface area contributed by atoms with E-state index in [1.54, 1.807) is 0 Å². The lowest BCUT2D eigenvalue weighted by atomic mass is 10.1. The Bertz CT molecular complexity index is 945. The van der Waals surface area contributed by atoms with Gasteiger partial charge in [-0.15, -0.1) is 0 Å². The maximum atomic E-state index is 12.1. The number of ether oxygens (including phenoxy) is 2. The van der Waals surface area contributed by atoms with E-state index in [1.807, 2.05) is 0 Å². The number of aliphatic hydroxyl groups excluding tert-OH is 1. The van der Waals surface area contributed by atoms with Crippen LogP contribution in [0.25, 0.3) is 0 Å². The molecule has 4 nitrogen and oxygen atoms in total. The van der Waals surface area contributed by atoms with Crippen molar-refractivity contribution in [1.82, 2.24) is 0 Å². The van der Waals surface area contributed by atoms with Gasteiger partial charge in [0.2, 0.25) is 0 Å². The van der Waals surface area contributed by atoms with E-state index >= 15 is 0 Å². The van der Waals surface area contributed by atoms with Crippen LogP contribution in [0.5, 0.6) is 0 Å². The van der Waals surface area contributed by atoms with E-state index in [0.717, 1.165) is 109 Å². The summed E-state index contributed by atoms with van der Waals surface area (Å²) in [6.45, 7) is 4.97. The fraction of sp³-hybridized carbons (Fsp3) is 0.558. The average molecular weight is 649 g/mol. The quantitative estimate of drug-likeness (QED) is 0.0448. The molecule has 0 spiro atoms. The highest BCUT2D eigenvalue weighted by Crippen LogP contribution is 2.08. The summed E-state index contributed by atoms with van der Waals surface area (Å²) in [7, 11) is 0. The lowest BCUT2D eigenvalue weighted by Gasteiger charge is -2.15. The molecule has 0 fully saturated rings. The molecule has 0 aliphatic carbocycles. The van der Waals surface area contributed by atoms with Crippen molar-refractivity contribution in [2.24, 2.45) is 0 Å². The van der Waals surface area contributed by atoms with Crippen LogP contribution < -0.4 is 0 Å². The fourth-order valence-electron chi connectivity index (χ4n) is 4.40. The van der Waals surface area contributed by atoms with Crippen LogP contribution >= 0.6 is 0 Å². The molecular formula is C43H68O4. The summed E-state index contributed by atoms with van der Waals surface area (Å²) in [4.78, 5) is 12.1. The Hall–Kier alpha value is -2.95. The first-order valence-electron chi connectivity index (χ1n) is 18.5. The number of rotatable bonds is 32. The normalized spacial score (nSPS) is 13.7. The van der Waals surface area contributed by atoms with E-state index in [2.05, 4.69) is 123 Å². The second kappa shape index (κ2) is 39.2. The first kappa shape index (κ1) is 44.0. The lowest BCUT2D eigenvalue weighted by molar-refractivity contribution is -0.154. The van der Waals surface area contributed by atoms with Crippen molar-refractivity contribution in [2.75, 3.05) is 19.8 Å². The second-order valence-electron chi connectivity index (χ2n) is 11.5. The summed E-state index contributed by atoms with van der Waals surface area (Å²) in [6, 6.07) is 0. The minimum atomic E-state index is -0.574. The summed E-state index contributed by atoms with van der Waals surface area (Å²) in [5.74, 6) is -0.248. The Labute approximate surface area is 289 Å². The molecule has 0 aromatic heterocycles. The number of aliphatic hydroxyl groups is 1. The van der Waals surface area contributed by atoms with Gasteiger partial charge in [-0.1, -0.05) is 136 Å². The molecular weight excluding hydrogens is 580 g/mol. The first-order valence-corrected chi connectivity index (χ1v) is 18.5. The van der Waals surface area contributed by atoms with E-state index in [-0.39, 0.29) is 19.2 Å². The largest absolute Gasteiger partial charge is 0.457 e. The molecule has 1 atom stereocenters. The van der Waals surface area contributed by atoms with E-state index in [9.17, 15) is 9.90 Å². The number of esters is 1. The summed E-state index contributed by atoms with van der Waals surface area (Å²) in [6.07, 6.45) is 57.1. The molecule has 0 saturated carbocycles. The third-order valence-corrected chi connectivity index (χ3v) is 7.09. The van der Waals surface area contributed by atoms with Gasteiger partial charge in [0.1, 0.15) is 6.10 Å². The number of carbonyl (C=O) groups is 1. The number of carbonyl (C=O) groups excluding carboxylic acids is 1. The monoisotopic (exact) mass is 649 g/mol. The minimum absolute atomic E-state index is 0.206. The first-order chi connectivity index (χ1) is 23.2. The summed E-state index contributed by atoms with van der Waals surface area (Å²) >= 11 is 0. The Kier molecular flexibility index (Phi) is 36.8. The SMILES string of the molecule is CC/C=C\C/C=C\C/C=C\C/C=C\C/C=C\C/C=C\CCCCCOCC(CO)OC(=O)CCCCC/C=C\C/C=C\C/C=C\CC. The summed E-state index contributed by atoms with van der Waals surface area (Å²) in [5.41, 5.74) is 0. The standard InChI is InChI=1S/C43H68O4/c1-3-5-7-9-11-13-15-17-18-19-20-21-22-23-24-25-27-29-31-33-35-37-39-46-41-42(40-44)47-43(45)38-36-34-32-30-28-26-16-14-12-10-8-6-4-2/h5-8,11-14,17-18,20-21,23-24,26-29,42,44H,3-4,9-10,15-16,19,22,25,30-41H2,1-2H3/b7-5-,8-6-,13-11-,14-12-,18-17-,21-20-,24-23-,28-26-,29-27-. The molecule has 0 radical (unpaired) electrons. The molecule has 1 unspecified atom stereocenters. The zero-order chi connectivity index (χ0) is 34.1. The molecule has 1 N–H and O–H groups in total. The van der Waals surface area contributed by atoms with Crippen LogP contribution in [0.1, 0.15) is 129 Å². The van der Waals surface area contributed by atoms with E-state index in [4.69, 9.17) is 9.47 Å². The molecule has 0 rings (SSSR count). The van der Waals surface area contributed by atoms with Crippen LogP contribution in [0.3, 0.4) is 0 Å². The average Bonchev–Trinajstić information content (AvgIpc) is 3.08. The van der Waals surface area contributed by atoms with Gasteiger partial charge < -0.3 is 14.6 Å². The van der Waals surface area contributed by atoms with Gasteiger partial charge in [0, 0.05) is 13.0 Å². The van der Waals surface area contributed by atoms with Crippen LogP contribution in [-0.4, -0.2) is 37.0 Å². The van der Waals surface area contributed by atoms with Crippen molar-refractivity contribution < 1.29 is 19.4 Å². The van der Waals surface area contributed by atoms with Gasteiger partial charge in [0.05, 0.1) is 13.2 Å². The Morgan fingerprint density at radius 1 is 0.511 bits per heavy atom. The summed E-state index contributed by atoms with van der Waals surface area (Å²) < 4.78 is 11.1. The molecule has 47 heavy (non-hydrogen) atoms.